The third-order valence-electron chi connectivity index (χ3n) is 6.43. The Bertz CT molecular complexity index is 1140. The number of benzene rings is 2. The van der Waals surface area contributed by atoms with E-state index < -0.39 is 11.9 Å². The van der Waals surface area contributed by atoms with Gasteiger partial charge in [-0.1, -0.05) is 54.9 Å². The van der Waals surface area contributed by atoms with E-state index in [0.29, 0.717) is 29.2 Å². The molecule has 1 aliphatic carbocycles. The van der Waals surface area contributed by atoms with Crippen LogP contribution in [0.15, 0.2) is 48.5 Å². The van der Waals surface area contributed by atoms with Gasteiger partial charge in [0.05, 0.1) is 6.54 Å². The summed E-state index contributed by atoms with van der Waals surface area (Å²) < 4.78 is 0. The summed E-state index contributed by atoms with van der Waals surface area (Å²) in [6, 6.07) is 13.8. The Labute approximate surface area is 203 Å². The Kier molecular flexibility index (Phi) is 6.88. The first-order chi connectivity index (χ1) is 16.3. The Morgan fingerprint density at radius 3 is 2.56 bits per heavy atom. The number of rotatable bonds is 8. The van der Waals surface area contributed by atoms with E-state index in [0.717, 1.165) is 12.0 Å². The maximum Gasteiger partial charge on any atom is 0.267 e. The first-order valence-electron chi connectivity index (χ1n) is 11.3. The molecule has 9 heteroatoms. The average molecular weight is 482 g/mol. The number of likely N-dealkylation sites (tertiary alicyclic amines) is 1. The smallest absolute Gasteiger partial charge is 0.267 e. The summed E-state index contributed by atoms with van der Waals surface area (Å²) in [4.78, 5) is 39.2. The van der Waals surface area contributed by atoms with Crippen LogP contribution in [0.2, 0.25) is 5.02 Å². The van der Waals surface area contributed by atoms with Crippen LogP contribution < -0.4 is 16.4 Å². The lowest BCUT2D eigenvalue weighted by molar-refractivity contribution is -0.137. The zero-order valence-electron chi connectivity index (χ0n) is 18.9. The third-order valence-corrected chi connectivity index (χ3v) is 6.77. The number of primary amides is 1. The van der Waals surface area contributed by atoms with Gasteiger partial charge in [0.25, 0.3) is 5.91 Å². The quantitative estimate of drug-likeness (QED) is 0.432. The van der Waals surface area contributed by atoms with Crippen LogP contribution in [0, 0.1) is 11.3 Å². The number of hydrogen-bond acceptors (Lipinski definition) is 5. The molecule has 2 aromatic carbocycles. The minimum atomic E-state index is -0.846. The van der Waals surface area contributed by atoms with Crippen molar-refractivity contribution in [1.82, 2.24) is 10.2 Å². The lowest BCUT2D eigenvalue weighted by Crippen LogP contribution is -2.48. The fraction of sp³-hybridized carbons (Fsp3) is 0.360. The van der Waals surface area contributed by atoms with E-state index in [1.54, 1.807) is 29.2 Å². The Balaban J connectivity index is 1.38. The van der Waals surface area contributed by atoms with Gasteiger partial charge in [-0.25, -0.2) is 0 Å². The van der Waals surface area contributed by atoms with E-state index in [9.17, 15) is 14.4 Å². The van der Waals surface area contributed by atoms with Crippen LogP contribution in [-0.4, -0.2) is 53.5 Å². The third kappa shape index (κ3) is 5.07. The van der Waals surface area contributed by atoms with Gasteiger partial charge in [0.2, 0.25) is 11.8 Å². The van der Waals surface area contributed by atoms with E-state index in [1.165, 1.54) is 0 Å². The van der Waals surface area contributed by atoms with Crippen molar-refractivity contribution in [2.45, 2.75) is 37.8 Å². The van der Waals surface area contributed by atoms with Crippen molar-refractivity contribution < 1.29 is 14.4 Å². The number of carbonyl (C=O) groups is 3. The van der Waals surface area contributed by atoms with Crippen molar-refractivity contribution in [2.24, 2.45) is 11.7 Å². The highest BCUT2D eigenvalue weighted by Crippen LogP contribution is 2.43. The molecule has 2 aliphatic rings. The van der Waals surface area contributed by atoms with Crippen LogP contribution in [0.3, 0.4) is 0 Å². The Morgan fingerprint density at radius 1 is 1.12 bits per heavy atom. The molecule has 1 aliphatic heterocycles. The average Bonchev–Trinajstić information content (AvgIpc) is 3.46. The lowest BCUT2D eigenvalue weighted by atomic mass is 10.1. The molecule has 4 rings (SSSR count). The standard InChI is InChI=1S/C25H28ClN5O3/c1-14-10-21(25(34)30-20-11-17(20)15-6-2-4-8-18(15)26)31(13-14)22(32)12-29-19-9-5-3-7-16(19)23(27)24(28)33/h2-9,14,17,20-21,27,29H,10-13H2,1H3,(H2,28,33)(H,30,34)/t14-,17-,20+,21-/m0/s1. The minimum absolute atomic E-state index is 0.0186. The summed E-state index contributed by atoms with van der Waals surface area (Å²) in [6.07, 6.45) is 1.43. The van der Waals surface area contributed by atoms with Gasteiger partial charge in [0, 0.05) is 34.8 Å². The van der Waals surface area contributed by atoms with Crippen molar-refractivity contribution >= 4 is 40.7 Å². The van der Waals surface area contributed by atoms with Crippen LogP contribution in [0.1, 0.15) is 36.8 Å². The maximum atomic E-state index is 13.1. The molecule has 0 unspecified atom stereocenters. The Morgan fingerprint density at radius 2 is 1.82 bits per heavy atom. The maximum absolute atomic E-state index is 13.1. The van der Waals surface area contributed by atoms with Crippen LogP contribution >= 0.6 is 11.6 Å². The van der Waals surface area contributed by atoms with Crippen LogP contribution in [0.5, 0.6) is 0 Å². The predicted molar refractivity (Wildman–Crippen MR) is 131 cm³/mol. The van der Waals surface area contributed by atoms with E-state index in [1.807, 2.05) is 31.2 Å². The lowest BCUT2D eigenvalue weighted by Gasteiger charge is -2.24. The van der Waals surface area contributed by atoms with Crippen LogP contribution in [0.25, 0.3) is 0 Å². The fourth-order valence-electron chi connectivity index (χ4n) is 4.58. The summed E-state index contributed by atoms with van der Waals surface area (Å²) in [6.45, 7) is 2.45. The zero-order valence-corrected chi connectivity index (χ0v) is 19.6. The van der Waals surface area contributed by atoms with Gasteiger partial charge >= 0.3 is 0 Å². The number of nitrogens with one attached hydrogen (secondary N) is 3. The molecule has 0 radical (unpaired) electrons. The molecule has 2 fully saturated rings. The molecule has 0 aromatic heterocycles. The van der Waals surface area contributed by atoms with E-state index >= 15 is 0 Å². The normalized spacial score (nSPS) is 23.3. The molecule has 5 N–H and O–H groups in total. The van der Waals surface area contributed by atoms with E-state index in [-0.39, 0.29) is 41.9 Å². The molecule has 178 valence electrons. The first-order valence-corrected chi connectivity index (χ1v) is 11.7. The molecular formula is C25H28ClN5O3. The number of amides is 3. The summed E-state index contributed by atoms with van der Waals surface area (Å²) in [7, 11) is 0. The second-order valence-electron chi connectivity index (χ2n) is 9.02. The van der Waals surface area contributed by atoms with Gasteiger partial charge in [0.15, 0.2) is 0 Å². The first kappa shape index (κ1) is 23.8. The molecule has 1 saturated carbocycles. The summed E-state index contributed by atoms with van der Waals surface area (Å²) in [5.74, 6) is -0.815. The predicted octanol–water partition coefficient (Wildman–Crippen LogP) is 2.51. The highest BCUT2D eigenvalue weighted by molar-refractivity contribution is 6.44. The number of nitrogens with two attached hydrogens (primary N) is 1. The van der Waals surface area contributed by atoms with Gasteiger partial charge in [-0.05, 0) is 36.5 Å². The summed E-state index contributed by atoms with van der Waals surface area (Å²) in [5.41, 5.74) is 6.73. The number of para-hydroxylation sites is 1. The van der Waals surface area contributed by atoms with Gasteiger partial charge in [-0.2, -0.15) is 0 Å². The zero-order chi connectivity index (χ0) is 24.4. The summed E-state index contributed by atoms with van der Waals surface area (Å²) >= 11 is 6.29. The molecule has 1 saturated heterocycles. The van der Waals surface area contributed by atoms with Crippen LogP contribution in [-0.2, 0) is 14.4 Å². The molecule has 2 aromatic rings. The number of hydrogen-bond donors (Lipinski definition) is 4. The highest BCUT2D eigenvalue weighted by atomic mass is 35.5. The topological polar surface area (TPSA) is 128 Å². The SMILES string of the molecule is C[C@H]1C[C@@H](C(=O)N[C@@H]2C[C@H]2c2ccccc2Cl)N(C(=O)CNc2ccccc2C(=N)C(N)=O)C1. The molecule has 1 heterocycles. The molecule has 0 spiro atoms. The van der Waals surface area contributed by atoms with Crippen molar-refractivity contribution in [1.29, 1.82) is 5.41 Å². The molecule has 0 bridgehead atoms. The molecule has 34 heavy (non-hydrogen) atoms. The second kappa shape index (κ2) is 9.85. The second-order valence-corrected chi connectivity index (χ2v) is 9.43. The molecule has 3 amide bonds. The number of halogens is 1. The highest BCUT2D eigenvalue weighted by Gasteiger charge is 2.44. The van der Waals surface area contributed by atoms with Crippen molar-refractivity contribution in [2.75, 3.05) is 18.4 Å². The monoisotopic (exact) mass is 481 g/mol. The Hall–Kier alpha value is -3.39. The fourth-order valence-corrected chi connectivity index (χ4v) is 4.86. The molecule has 4 atom stereocenters. The van der Waals surface area contributed by atoms with Crippen molar-refractivity contribution in [3.8, 4) is 0 Å². The van der Waals surface area contributed by atoms with Gasteiger partial charge in [0.1, 0.15) is 11.8 Å². The number of anilines is 1. The largest absolute Gasteiger partial charge is 0.376 e. The van der Waals surface area contributed by atoms with Crippen molar-refractivity contribution in [3.63, 3.8) is 0 Å². The van der Waals surface area contributed by atoms with E-state index in [2.05, 4.69) is 10.6 Å². The minimum Gasteiger partial charge on any atom is -0.376 e. The number of carbonyl (C=O) groups excluding carboxylic acids is 3. The van der Waals surface area contributed by atoms with Gasteiger partial charge in [-0.3, -0.25) is 19.8 Å². The number of nitrogens with zero attached hydrogens (tertiary/aromatic N) is 1. The molecule has 8 nitrogen and oxygen atoms in total. The van der Waals surface area contributed by atoms with Gasteiger partial charge in [-0.15, -0.1) is 0 Å². The molecular weight excluding hydrogens is 454 g/mol. The van der Waals surface area contributed by atoms with Crippen molar-refractivity contribution in [3.05, 3.63) is 64.7 Å². The van der Waals surface area contributed by atoms with Gasteiger partial charge < -0.3 is 21.3 Å². The summed E-state index contributed by atoms with van der Waals surface area (Å²) in [5, 5.41) is 14.7. The van der Waals surface area contributed by atoms with E-state index in [4.69, 9.17) is 22.7 Å². The van der Waals surface area contributed by atoms with Crippen LogP contribution in [0.4, 0.5) is 5.69 Å².